The van der Waals surface area contributed by atoms with Gasteiger partial charge in [0.05, 0.1) is 16.8 Å². The Hall–Kier alpha value is -5.00. The minimum atomic E-state index is -1.37. The van der Waals surface area contributed by atoms with E-state index in [1.165, 1.54) is 11.3 Å². The largest absolute Gasteiger partial charge is 0.479 e. The third-order valence-electron chi connectivity index (χ3n) is 8.33. The highest BCUT2D eigenvalue weighted by Gasteiger charge is 2.70. The molecule has 1 spiro atoms. The number of nitrogens with zero attached hydrogens (tertiary/aromatic N) is 2. The van der Waals surface area contributed by atoms with Crippen LogP contribution in [0.25, 0.3) is 6.08 Å². The highest BCUT2D eigenvalue weighted by Crippen LogP contribution is 2.62. The minimum absolute atomic E-state index is 0.115. The topological polar surface area (TPSA) is 99.5 Å². The Bertz CT molecular complexity index is 1770. The molecule has 0 bridgehead atoms. The van der Waals surface area contributed by atoms with Gasteiger partial charge < -0.3 is 15.0 Å². The molecular weight excluding hydrogens is 534 g/mol. The predicted molar refractivity (Wildman–Crippen MR) is 155 cm³/mol. The van der Waals surface area contributed by atoms with E-state index in [0.717, 1.165) is 11.1 Å². The Morgan fingerprint density at radius 1 is 0.976 bits per heavy atom. The molecule has 0 radical (unpaired) electrons. The number of anilines is 1. The fourth-order valence-corrected chi connectivity index (χ4v) is 7.44. The first-order valence-corrected chi connectivity index (χ1v) is 14.1. The van der Waals surface area contributed by atoms with E-state index in [-0.39, 0.29) is 24.1 Å². The normalized spacial score (nSPS) is 23.3. The summed E-state index contributed by atoms with van der Waals surface area (Å²) in [6, 6.07) is 25.8. The maximum Gasteiger partial charge on any atom is 0.238 e. The number of nitriles is 1. The summed E-state index contributed by atoms with van der Waals surface area (Å²) < 4.78 is 5.39. The number of rotatable bonds is 6. The highest BCUT2D eigenvalue weighted by molar-refractivity contribution is 7.12. The molecule has 4 atom stereocenters. The first kappa shape index (κ1) is 25.0. The molecule has 7 nitrogen and oxygen atoms in total. The molecule has 4 aromatic rings. The lowest BCUT2D eigenvalue weighted by atomic mass is 9.63. The number of para-hydroxylation sites is 1. The van der Waals surface area contributed by atoms with E-state index < -0.39 is 23.4 Å². The lowest BCUT2D eigenvalue weighted by Crippen LogP contribution is -2.49. The molecule has 7 rings (SSSR count). The number of Topliss-reactive ketones (excluding diaryl/α,β-unsaturated/α-hetero) is 2. The second-order valence-corrected chi connectivity index (χ2v) is 11.2. The van der Waals surface area contributed by atoms with Crippen LogP contribution in [-0.2, 0) is 10.2 Å². The average Bonchev–Trinajstić information content (AvgIpc) is 3.72. The van der Waals surface area contributed by atoms with Crippen LogP contribution in [0.2, 0.25) is 0 Å². The summed E-state index contributed by atoms with van der Waals surface area (Å²) in [7, 11) is 0. The molecule has 1 fully saturated rings. The third-order valence-corrected chi connectivity index (χ3v) is 9.21. The number of carbonyl (C=O) groups excluding carboxylic acids is 3. The third kappa shape index (κ3) is 3.59. The zero-order chi connectivity index (χ0) is 28.1. The molecule has 41 heavy (non-hydrogen) atoms. The molecule has 1 amide bonds. The van der Waals surface area contributed by atoms with Gasteiger partial charge in [-0.15, -0.1) is 11.3 Å². The molecule has 3 aromatic carbocycles. The lowest BCUT2D eigenvalue weighted by Gasteiger charge is -2.38. The van der Waals surface area contributed by atoms with Gasteiger partial charge in [-0.1, -0.05) is 48.5 Å². The van der Waals surface area contributed by atoms with Gasteiger partial charge in [-0.05, 0) is 64.5 Å². The van der Waals surface area contributed by atoms with Crippen molar-refractivity contribution in [2.45, 2.75) is 17.5 Å². The smallest absolute Gasteiger partial charge is 0.238 e. The van der Waals surface area contributed by atoms with Gasteiger partial charge in [0.25, 0.3) is 0 Å². The molecule has 3 aliphatic rings. The average molecular weight is 558 g/mol. The van der Waals surface area contributed by atoms with Crippen molar-refractivity contribution in [1.82, 2.24) is 4.90 Å². The standard InChI is InChI=1S/C33H23N3O4S/c34-16-18-40-22-13-11-21(12-14-22)29(37)27-28(30(38)26-10-5-19-41-26)36-17-15-20-6-1-2-7-23(20)31(36)33(27)24-8-3-4-9-25(24)35-32(33)39/h1-15,17,19,27-28,31H,18H2,(H,35,39)/t27-,28+,31+,33-/m0/s1. The van der Waals surface area contributed by atoms with Crippen molar-refractivity contribution in [2.24, 2.45) is 5.92 Å². The molecule has 1 aromatic heterocycles. The van der Waals surface area contributed by atoms with E-state index in [1.807, 2.05) is 83.2 Å². The van der Waals surface area contributed by atoms with E-state index in [1.54, 1.807) is 30.3 Å². The minimum Gasteiger partial charge on any atom is -0.479 e. The molecule has 200 valence electrons. The first-order chi connectivity index (χ1) is 20.1. The maximum absolute atomic E-state index is 14.8. The molecule has 0 saturated carbocycles. The van der Waals surface area contributed by atoms with Crippen molar-refractivity contribution in [1.29, 1.82) is 5.26 Å². The van der Waals surface area contributed by atoms with Gasteiger partial charge in [-0.3, -0.25) is 14.4 Å². The summed E-state index contributed by atoms with van der Waals surface area (Å²) >= 11 is 1.32. The van der Waals surface area contributed by atoms with Crippen LogP contribution in [0.1, 0.15) is 42.8 Å². The fourth-order valence-electron chi connectivity index (χ4n) is 6.74. The number of fused-ring (bicyclic) bond motifs is 6. The van der Waals surface area contributed by atoms with Gasteiger partial charge in [-0.2, -0.15) is 5.26 Å². The number of hydrogen-bond donors (Lipinski definition) is 1. The van der Waals surface area contributed by atoms with Crippen molar-refractivity contribution >= 4 is 40.6 Å². The van der Waals surface area contributed by atoms with Gasteiger partial charge in [0.15, 0.2) is 18.2 Å². The molecule has 4 heterocycles. The number of ketones is 2. The van der Waals surface area contributed by atoms with Gasteiger partial charge in [0, 0.05) is 17.5 Å². The zero-order valence-corrected chi connectivity index (χ0v) is 22.5. The fraction of sp³-hybridized carbons (Fsp3) is 0.152. The Morgan fingerprint density at radius 2 is 1.76 bits per heavy atom. The molecule has 3 aliphatic heterocycles. The summed E-state index contributed by atoms with van der Waals surface area (Å²) in [5.41, 5.74) is 2.17. The van der Waals surface area contributed by atoms with Crippen molar-refractivity contribution in [3.8, 4) is 11.8 Å². The van der Waals surface area contributed by atoms with Crippen LogP contribution in [0.15, 0.2) is 96.5 Å². The maximum atomic E-state index is 14.8. The van der Waals surface area contributed by atoms with Crippen molar-refractivity contribution in [3.05, 3.63) is 124 Å². The van der Waals surface area contributed by atoms with Crippen molar-refractivity contribution in [3.63, 3.8) is 0 Å². The number of amides is 1. The number of hydrogen-bond acceptors (Lipinski definition) is 7. The lowest BCUT2D eigenvalue weighted by molar-refractivity contribution is -0.122. The summed E-state index contributed by atoms with van der Waals surface area (Å²) in [5, 5.41) is 13.8. The van der Waals surface area contributed by atoms with Gasteiger partial charge in [0.1, 0.15) is 23.3 Å². The monoisotopic (exact) mass is 557 g/mol. The molecule has 1 saturated heterocycles. The van der Waals surface area contributed by atoms with Crippen LogP contribution in [0.3, 0.4) is 0 Å². The molecule has 1 N–H and O–H groups in total. The van der Waals surface area contributed by atoms with Gasteiger partial charge in [0.2, 0.25) is 5.91 Å². The number of benzene rings is 3. The Labute approximate surface area is 240 Å². The number of carbonyl (C=O) groups is 3. The van der Waals surface area contributed by atoms with E-state index in [4.69, 9.17) is 10.00 Å². The molecule has 0 aliphatic carbocycles. The zero-order valence-electron chi connectivity index (χ0n) is 21.7. The van der Waals surface area contributed by atoms with Crippen molar-refractivity contribution in [2.75, 3.05) is 11.9 Å². The van der Waals surface area contributed by atoms with Crippen LogP contribution < -0.4 is 10.1 Å². The first-order valence-electron chi connectivity index (χ1n) is 13.2. The van der Waals surface area contributed by atoms with Gasteiger partial charge >= 0.3 is 0 Å². The van der Waals surface area contributed by atoms with Crippen LogP contribution in [0.4, 0.5) is 5.69 Å². The second-order valence-electron chi connectivity index (χ2n) is 10.3. The summed E-state index contributed by atoms with van der Waals surface area (Å²) in [6.45, 7) is -0.115. The number of ether oxygens (including phenoxy) is 1. The van der Waals surface area contributed by atoms with Crippen LogP contribution in [-0.4, -0.2) is 35.0 Å². The van der Waals surface area contributed by atoms with E-state index in [2.05, 4.69) is 5.32 Å². The quantitative estimate of drug-likeness (QED) is 0.309. The van der Waals surface area contributed by atoms with Gasteiger partial charge in [-0.25, -0.2) is 0 Å². The summed E-state index contributed by atoms with van der Waals surface area (Å²) in [6.07, 6.45) is 3.81. The Morgan fingerprint density at radius 3 is 2.54 bits per heavy atom. The SMILES string of the molecule is N#CCOc1ccc(C(=O)[C@@H]2[C@H](C(=O)c3cccs3)N3C=Cc4ccccc4[C@@H]3[C@@]23C(=O)Nc2ccccc23)cc1. The van der Waals surface area contributed by atoms with Crippen LogP contribution in [0, 0.1) is 17.2 Å². The number of nitrogens with one attached hydrogen (secondary N) is 1. The Kier molecular flexibility index (Phi) is 5.84. The van der Waals surface area contributed by atoms with E-state index in [9.17, 15) is 14.4 Å². The van der Waals surface area contributed by atoms with Crippen LogP contribution >= 0.6 is 11.3 Å². The molecule has 8 heteroatoms. The summed E-state index contributed by atoms with van der Waals surface area (Å²) in [4.78, 5) is 46.0. The second kappa shape index (κ2) is 9.58. The number of thiophene rings is 1. The Balaban J connectivity index is 1.48. The molecule has 0 unspecified atom stereocenters. The van der Waals surface area contributed by atoms with E-state index in [0.29, 0.717) is 27.4 Å². The highest BCUT2D eigenvalue weighted by atomic mass is 32.1. The molecular formula is C33H23N3O4S. The van der Waals surface area contributed by atoms with Crippen molar-refractivity contribution < 1.29 is 19.1 Å². The van der Waals surface area contributed by atoms with E-state index >= 15 is 0 Å². The predicted octanol–water partition coefficient (Wildman–Crippen LogP) is 5.63. The van der Waals surface area contributed by atoms with Crippen LogP contribution in [0.5, 0.6) is 5.75 Å². The summed E-state index contributed by atoms with van der Waals surface area (Å²) in [5.74, 6) is -1.39.